The number of aryl methyl sites for hydroxylation is 1. The topological polar surface area (TPSA) is 165 Å². The number of carbonyl (C=O) groups is 3. The minimum Gasteiger partial charge on any atom is -0.508 e. The lowest BCUT2D eigenvalue weighted by Gasteiger charge is -2.50. The SMILES string of the molecule is Cc1ccc(C#Cc2cc(N(C)C)c3c(c2O)C(O)=C2C(=O)[C@]4(O)C(O)=C(C(N)=O)C(=O)[C@@H](N(C)C)[C@@H]4C[C@@H]2C3)cc1. The van der Waals surface area contributed by atoms with E-state index in [9.17, 15) is 34.8 Å². The summed E-state index contributed by atoms with van der Waals surface area (Å²) >= 11 is 0. The quantitative estimate of drug-likeness (QED) is 0.273. The van der Waals surface area contributed by atoms with Crippen LogP contribution in [0.3, 0.4) is 0 Å². The number of Topliss-reactive ketones (excluding diaryl/α,β-unsaturated/α-hetero) is 2. The number of amides is 1. The molecule has 3 aliphatic rings. The maximum Gasteiger partial charge on any atom is 0.255 e. The Hall–Kier alpha value is -4.59. The molecule has 3 aliphatic carbocycles. The van der Waals surface area contributed by atoms with Crippen molar-refractivity contribution in [1.82, 2.24) is 4.90 Å². The molecular weight excluding hydrogens is 538 g/mol. The Morgan fingerprint density at radius 3 is 2.26 bits per heavy atom. The number of likely N-dealkylation sites (N-methyl/N-ethyl adjacent to an activating group) is 1. The molecule has 10 heteroatoms. The van der Waals surface area contributed by atoms with Gasteiger partial charge in [0.2, 0.25) is 5.78 Å². The van der Waals surface area contributed by atoms with Crippen molar-refractivity contribution in [2.24, 2.45) is 17.6 Å². The Labute approximate surface area is 243 Å². The first-order valence-corrected chi connectivity index (χ1v) is 13.5. The fraction of sp³-hybridized carbons (Fsp3) is 0.344. The molecule has 1 fully saturated rings. The largest absolute Gasteiger partial charge is 0.508 e. The smallest absolute Gasteiger partial charge is 0.255 e. The van der Waals surface area contributed by atoms with E-state index in [0.717, 1.165) is 11.1 Å². The number of anilines is 1. The van der Waals surface area contributed by atoms with Crippen LogP contribution in [0.1, 0.15) is 34.2 Å². The molecule has 6 N–H and O–H groups in total. The molecule has 0 spiro atoms. The van der Waals surface area contributed by atoms with E-state index in [1.807, 2.05) is 36.1 Å². The molecule has 1 saturated carbocycles. The molecule has 0 radical (unpaired) electrons. The first-order valence-electron chi connectivity index (χ1n) is 13.5. The van der Waals surface area contributed by atoms with Gasteiger partial charge in [-0.1, -0.05) is 29.5 Å². The lowest BCUT2D eigenvalue weighted by molar-refractivity contribution is -0.153. The monoisotopic (exact) mass is 571 g/mol. The van der Waals surface area contributed by atoms with Gasteiger partial charge < -0.3 is 31.1 Å². The average molecular weight is 572 g/mol. The molecule has 0 saturated heterocycles. The van der Waals surface area contributed by atoms with Crippen molar-refractivity contribution in [3.63, 3.8) is 0 Å². The van der Waals surface area contributed by atoms with Crippen LogP contribution in [0.15, 0.2) is 47.2 Å². The van der Waals surface area contributed by atoms with Crippen LogP contribution in [-0.4, -0.2) is 82.6 Å². The molecule has 0 bridgehead atoms. The van der Waals surface area contributed by atoms with Gasteiger partial charge in [0.05, 0.1) is 17.2 Å². The lowest BCUT2D eigenvalue weighted by atomic mass is 9.57. The Bertz CT molecular complexity index is 1670. The lowest BCUT2D eigenvalue weighted by Crippen LogP contribution is -2.65. The highest BCUT2D eigenvalue weighted by Crippen LogP contribution is 2.54. The first kappa shape index (κ1) is 28.9. The van der Waals surface area contributed by atoms with Crippen molar-refractivity contribution in [3.8, 4) is 17.6 Å². The van der Waals surface area contributed by atoms with Gasteiger partial charge in [-0.25, -0.2) is 0 Å². The van der Waals surface area contributed by atoms with Crippen molar-refractivity contribution in [3.05, 3.63) is 75.1 Å². The van der Waals surface area contributed by atoms with Gasteiger partial charge in [0, 0.05) is 36.8 Å². The van der Waals surface area contributed by atoms with Gasteiger partial charge in [-0.15, -0.1) is 0 Å². The molecule has 2 aromatic carbocycles. The van der Waals surface area contributed by atoms with Crippen LogP contribution in [0.4, 0.5) is 5.69 Å². The van der Waals surface area contributed by atoms with E-state index in [0.29, 0.717) is 11.3 Å². The fourth-order valence-electron chi connectivity index (χ4n) is 6.56. The number of rotatable bonds is 3. The number of hydrogen-bond acceptors (Lipinski definition) is 9. The van der Waals surface area contributed by atoms with Crippen LogP contribution in [0, 0.1) is 30.6 Å². The number of aliphatic hydroxyl groups excluding tert-OH is 2. The summed E-state index contributed by atoms with van der Waals surface area (Å²) in [5, 5.41) is 45.8. The van der Waals surface area contributed by atoms with Gasteiger partial charge in [-0.2, -0.15) is 0 Å². The molecule has 42 heavy (non-hydrogen) atoms. The maximum atomic E-state index is 14.1. The predicted molar refractivity (Wildman–Crippen MR) is 156 cm³/mol. The number of benzene rings is 2. The van der Waals surface area contributed by atoms with Gasteiger partial charge >= 0.3 is 0 Å². The molecular formula is C32H33N3O7. The molecule has 0 aliphatic heterocycles. The van der Waals surface area contributed by atoms with E-state index >= 15 is 0 Å². The van der Waals surface area contributed by atoms with E-state index in [-0.39, 0.29) is 35.3 Å². The second-order valence-electron chi connectivity index (χ2n) is 11.6. The number of nitrogens with zero attached hydrogens (tertiary/aromatic N) is 2. The average Bonchev–Trinajstić information content (AvgIpc) is 2.90. The molecule has 5 rings (SSSR count). The summed E-state index contributed by atoms with van der Waals surface area (Å²) in [5.74, 6) is -0.924. The molecule has 0 aromatic heterocycles. The summed E-state index contributed by atoms with van der Waals surface area (Å²) in [7, 11) is 6.74. The maximum absolute atomic E-state index is 14.1. The number of primary amides is 1. The summed E-state index contributed by atoms with van der Waals surface area (Å²) in [5.41, 5.74) is 4.91. The number of fused-ring (bicyclic) bond motifs is 3. The number of hydrogen-bond donors (Lipinski definition) is 5. The number of aliphatic hydroxyl groups is 3. The predicted octanol–water partition coefficient (Wildman–Crippen LogP) is 1.74. The summed E-state index contributed by atoms with van der Waals surface area (Å²) in [6.45, 7) is 1.96. The van der Waals surface area contributed by atoms with E-state index < -0.39 is 58.0 Å². The number of nitrogens with two attached hydrogens (primary N) is 1. The van der Waals surface area contributed by atoms with E-state index in [1.165, 1.54) is 4.90 Å². The molecule has 4 atom stereocenters. The Morgan fingerprint density at radius 2 is 1.69 bits per heavy atom. The van der Waals surface area contributed by atoms with Crippen LogP contribution in [-0.2, 0) is 20.8 Å². The van der Waals surface area contributed by atoms with Gasteiger partial charge in [0.15, 0.2) is 11.4 Å². The van der Waals surface area contributed by atoms with Gasteiger partial charge in [0.1, 0.15) is 22.8 Å². The second kappa shape index (κ2) is 10.0. The Kier molecular flexibility index (Phi) is 6.92. The van der Waals surface area contributed by atoms with Crippen LogP contribution in [0.5, 0.6) is 5.75 Å². The number of aromatic hydroxyl groups is 1. The number of ketones is 2. The van der Waals surface area contributed by atoms with Gasteiger partial charge in [-0.05, 0) is 63.5 Å². The molecule has 1 amide bonds. The highest BCUT2D eigenvalue weighted by Gasteiger charge is 2.64. The molecule has 0 heterocycles. The zero-order valence-corrected chi connectivity index (χ0v) is 24.0. The van der Waals surface area contributed by atoms with Crippen molar-refractivity contribution < 1.29 is 34.8 Å². The number of phenols is 1. The second-order valence-corrected chi connectivity index (χ2v) is 11.6. The van der Waals surface area contributed by atoms with Crippen LogP contribution in [0.25, 0.3) is 5.76 Å². The first-order chi connectivity index (χ1) is 19.7. The van der Waals surface area contributed by atoms with Gasteiger partial charge in [-0.3, -0.25) is 19.3 Å². The summed E-state index contributed by atoms with van der Waals surface area (Å²) < 4.78 is 0. The molecule has 10 nitrogen and oxygen atoms in total. The standard InChI is InChI=1S/C32H33N3O7/c1-15-6-8-16(9-7-15)10-11-17-14-21(34(2)3)19-12-18-13-20-25(35(4)5)28(38)24(31(33)41)30(40)32(20,42)29(39)22(18)27(37)23(19)26(17)36/h6-9,14,18,20,25,36-37,40,42H,12-13H2,1-5H3,(H2,33,41)/t18-,20-,25-,32-/m0/s1. The third-order valence-electron chi connectivity index (χ3n) is 8.57. The third-order valence-corrected chi connectivity index (χ3v) is 8.57. The highest BCUT2D eigenvalue weighted by molar-refractivity contribution is 6.24. The van der Waals surface area contributed by atoms with Gasteiger partial charge in [0.25, 0.3) is 5.91 Å². The minimum atomic E-state index is -2.69. The Morgan fingerprint density at radius 1 is 1.05 bits per heavy atom. The van der Waals surface area contributed by atoms with E-state index in [2.05, 4.69) is 11.8 Å². The molecule has 218 valence electrons. The van der Waals surface area contributed by atoms with Crippen molar-refractivity contribution >= 4 is 28.9 Å². The summed E-state index contributed by atoms with van der Waals surface area (Å²) in [6, 6.07) is 8.11. The van der Waals surface area contributed by atoms with Crippen molar-refractivity contribution in [2.75, 3.05) is 33.1 Å². The zero-order valence-electron chi connectivity index (χ0n) is 24.0. The van der Waals surface area contributed by atoms with Crippen molar-refractivity contribution in [2.45, 2.75) is 31.4 Å². The van der Waals surface area contributed by atoms with E-state index in [1.54, 1.807) is 34.3 Å². The zero-order chi connectivity index (χ0) is 30.8. The normalized spacial score (nSPS) is 25.0. The van der Waals surface area contributed by atoms with E-state index in [4.69, 9.17) is 5.73 Å². The van der Waals surface area contributed by atoms with Crippen LogP contribution < -0.4 is 10.6 Å². The fourth-order valence-corrected chi connectivity index (χ4v) is 6.56. The summed E-state index contributed by atoms with van der Waals surface area (Å²) in [6.07, 6.45) is 0.218. The molecule has 2 aromatic rings. The third kappa shape index (κ3) is 4.16. The Balaban J connectivity index is 1.72. The highest BCUT2D eigenvalue weighted by atomic mass is 16.3. The van der Waals surface area contributed by atoms with Crippen LogP contribution >= 0.6 is 0 Å². The number of phenolic OH excluding ortho intramolecular Hbond substituents is 1. The summed E-state index contributed by atoms with van der Waals surface area (Å²) in [4.78, 5) is 42.8. The van der Waals surface area contributed by atoms with Crippen molar-refractivity contribution in [1.29, 1.82) is 0 Å². The minimum absolute atomic E-state index is 0.00527. The molecule has 0 unspecified atom stereocenters. The van der Waals surface area contributed by atoms with Crippen LogP contribution in [0.2, 0.25) is 0 Å². The number of carbonyl (C=O) groups excluding carboxylic acids is 3.